The predicted octanol–water partition coefficient (Wildman–Crippen LogP) is -0.897. The topological polar surface area (TPSA) is 114 Å². The number of guanidine groups is 1. The molecule has 6 nitrogen and oxygen atoms in total. The highest BCUT2D eigenvalue weighted by Gasteiger charge is 2.13. The summed E-state index contributed by atoms with van der Waals surface area (Å²) in [7, 11) is 1.63. The lowest BCUT2D eigenvalue weighted by Gasteiger charge is -2.09. The molecule has 14 heavy (non-hydrogen) atoms. The van der Waals surface area contributed by atoms with E-state index in [9.17, 15) is 4.79 Å². The normalized spacial score (nSPS) is 12.1. The summed E-state index contributed by atoms with van der Waals surface area (Å²) < 4.78 is 0. The molecular weight excluding hydrogens is 184 g/mol. The fraction of sp³-hybridized carbons (Fsp3) is 0.750. The maximum absolute atomic E-state index is 10.6. The van der Waals surface area contributed by atoms with Crippen LogP contribution in [0.25, 0.3) is 0 Å². The molecular formula is C8H18N4O2. The fourth-order valence-corrected chi connectivity index (χ4v) is 1.06. The second kappa shape index (κ2) is 7.14. The number of carbonyl (C=O) groups is 1. The number of carboxylic acid groups (broad SMARTS) is 1. The summed E-state index contributed by atoms with van der Waals surface area (Å²) in [5.74, 6) is -0.747. The Morgan fingerprint density at radius 2 is 2.14 bits per heavy atom. The second-order valence-electron chi connectivity index (χ2n) is 2.98. The molecule has 0 aromatic rings. The van der Waals surface area contributed by atoms with Crippen LogP contribution >= 0.6 is 0 Å². The minimum atomic E-state index is -0.825. The molecule has 0 aliphatic rings. The van der Waals surface area contributed by atoms with Gasteiger partial charge >= 0.3 is 5.97 Å². The molecule has 0 spiro atoms. The Labute approximate surface area is 83.4 Å². The zero-order valence-electron chi connectivity index (χ0n) is 8.36. The summed E-state index contributed by atoms with van der Waals surface area (Å²) in [6.07, 6.45) is 2.17. The highest BCUT2D eigenvalue weighted by molar-refractivity contribution is 5.75. The van der Waals surface area contributed by atoms with E-state index < -0.39 is 12.0 Å². The van der Waals surface area contributed by atoms with Crippen molar-refractivity contribution in [1.82, 2.24) is 5.32 Å². The van der Waals surface area contributed by atoms with Crippen molar-refractivity contribution in [3.05, 3.63) is 0 Å². The Hall–Kier alpha value is -1.30. The number of nitrogens with zero attached hydrogens (tertiary/aromatic N) is 1. The molecule has 0 saturated carbocycles. The third-order valence-electron chi connectivity index (χ3n) is 1.84. The fourth-order valence-electron chi connectivity index (χ4n) is 1.06. The van der Waals surface area contributed by atoms with Gasteiger partial charge in [0.2, 0.25) is 0 Å². The zero-order chi connectivity index (χ0) is 11.0. The van der Waals surface area contributed by atoms with Crippen LogP contribution in [0.2, 0.25) is 0 Å². The highest BCUT2D eigenvalue weighted by Crippen LogP contribution is 2.00. The molecule has 0 aromatic heterocycles. The van der Waals surface area contributed by atoms with Crippen molar-refractivity contribution in [2.75, 3.05) is 13.6 Å². The Morgan fingerprint density at radius 3 is 2.57 bits per heavy atom. The second-order valence-corrected chi connectivity index (χ2v) is 2.98. The minimum absolute atomic E-state index is 0.0772. The van der Waals surface area contributed by atoms with Crippen molar-refractivity contribution in [3.8, 4) is 0 Å². The molecule has 0 rings (SSSR count). The maximum Gasteiger partial charge on any atom is 0.320 e. The first-order valence-corrected chi connectivity index (χ1v) is 4.53. The van der Waals surface area contributed by atoms with Crippen LogP contribution < -0.4 is 16.8 Å². The van der Waals surface area contributed by atoms with Crippen molar-refractivity contribution < 1.29 is 9.90 Å². The zero-order valence-corrected chi connectivity index (χ0v) is 8.36. The number of likely N-dealkylation sites (N-methyl/N-ethyl adjacent to an activating group) is 1. The van der Waals surface area contributed by atoms with E-state index in [-0.39, 0.29) is 5.96 Å². The van der Waals surface area contributed by atoms with Gasteiger partial charge in [0.05, 0.1) is 0 Å². The molecule has 0 fully saturated rings. The van der Waals surface area contributed by atoms with Gasteiger partial charge in [-0.05, 0) is 26.3 Å². The van der Waals surface area contributed by atoms with Crippen molar-refractivity contribution in [3.63, 3.8) is 0 Å². The quantitative estimate of drug-likeness (QED) is 0.243. The molecule has 0 saturated heterocycles. The third-order valence-corrected chi connectivity index (χ3v) is 1.84. The van der Waals surface area contributed by atoms with E-state index in [2.05, 4.69) is 10.3 Å². The lowest BCUT2D eigenvalue weighted by atomic mass is 10.1. The number of nitrogens with two attached hydrogens (primary N) is 2. The number of unbranched alkanes of at least 4 members (excludes halogenated alkanes) is 1. The van der Waals surface area contributed by atoms with Gasteiger partial charge in [-0.2, -0.15) is 0 Å². The molecule has 6 heteroatoms. The Morgan fingerprint density at radius 1 is 1.50 bits per heavy atom. The van der Waals surface area contributed by atoms with Gasteiger partial charge < -0.3 is 21.9 Å². The molecule has 0 aliphatic carbocycles. The van der Waals surface area contributed by atoms with Crippen molar-refractivity contribution in [1.29, 1.82) is 0 Å². The standard InChI is InChI=1S/C8H18N4O2/c1-11-6(7(13)14)4-2-3-5-12-8(9)10/h6,11H,2-5H2,1H3,(H,13,14)(H4,9,10,12). The number of hydrogen-bond acceptors (Lipinski definition) is 3. The molecule has 0 radical (unpaired) electrons. The van der Waals surface area contributed by atoms with Gasteiger partial charge in [0.15, 0.2) is 5.96 Å². The first-order valence-electron chi connectivity index (χ1n) is 4.53. The molecule has 1 atom stereocenters. The van der Waals surface area contributed by atoms with Gasteiger partial charge in [-0.1, -0.05) is 0 Å². The van der Waals surface area contributed by atoms with Gasteiger partial charge in [0, 0.05) is 6.54 Å². The highest BCUT2D eigenvalue weighted by atomic mass is 16.4. The Balaban J connectivity index is 3.52. The molecule has 0 amide bonds. The van der Waals surface area contributed by atoms with E-state index in [1.54, 1.807) is 7.05 Å². The van der Waals surface area contributed by atoms with Crippen LogP contribution in [0.15, 0.2) is 4.99 Å². The number of hydrogen-bond donors (Lipinski definition) is 4. The Bertz CT molecular complexity index is 202. The summed E-state index contributed by atoms with van der Waals surface area (Å²) in [4.78, 5) is 14.4. The van der Waals surface area contributed by atoms with Gasteiger partial charge in [0.25, 0.3) is 0 Å². The summed E-state index contributed by atoms with van der Waals surface area (Å²) in [5, 5.41) is 11.4. The number of aliphatic imine (C=N–C) groups is 1. The van der Waals surface area contributed by atoms with Crippen LogP contribution in [-0.2, 0) is 4.79 Å². The smallest absolute Gasteiger partial charge is 0.320 e. The predicted molar refractivity (Wildman–Crippen MR) is 55.0 cm³/mol. The number of nitrogens with one attached hydrogen (secondary N) is 1. The lowest BCUT2D eigenvalue weighted by molar-refractivity contribution is -0.139. The van der Waals surface area contributed by atoms with Crippen molar-refractivity contribution >= 4 is 11.9 Å². The van der Waals surface area contributed by atoms with Crippen LogP contribution in [0.1, 0.15) is 19.3 Å². The van der Waals surface area contributed by atoms with E-state index in [0.717, 1.165) is 12.8 Å². The van der Waals surface area contributed by atoms with E-state index in [4.69, 9.17) is 16.6 Å². The molecule has 1 unspecified atom stereocenters. The number of carboxylic acids is 1. The van der Waals surface area contributed by atoms with Crippen molar-refractivity contribution in [2.45, 2.75) is 25.3 Å². The van der Waals surface area contributed by atoms with Crippen LogP contribution in [0.4, 0.5) is 0 Å². The van der Waals surface area contributed by atoms with Gasteiger partial charge in [0.1, 0.15) is 6.04 Å². The SMILES string of the molecule is CNC(CCCCN=C(N)N)C(=O)O. The lowest BCUT2D eigenvalue weighted by Crippen LogP contribution is -2.33. The van der Waals surface area contributed by atoms with Crippen LogP contribution in [0, 0.1) is 0 Å². The van der Waals surface area contributed by atoms with E-state index in [0.29, 0.717) is 13.0 Å². The maximum atomic E-state index is 10.6. The largest absolute Gasteiger partial charge is 0.480 e. The molecule has 6 N–H and O–H groups in total. The first-order chi connectivity index (χ1) is 6.57. The van der Waals surface area contributed by atoms with E-state index in [1.165, 1.54) is 0 Å². The monoisotopic (exact) mass is 202 g/mol. The Kier molecular flexibility index (Phi) is 6.47. The van der Waals surface area contributed by atoms with Crippen molar-refractivity contribution in [2.24, 2.45) is 16.5 Å². The molecule has 0 heterocycles. The summed E-state index contributed by atoms with van der Waals surface area (Å²) in [6, 6.07) is -0.478. The van der Waals surface area contributed by atoms with Crippen LogP contribution in [0.3, 0.4) is 0 Å². The van der Waals surface area contributed by atoms with Crippen LogP contribution in [-0.4, -0.2) is 36.7 Å². The van der Waals surface area contributed by atoms with E-state index in [1.807, 2.05) is 0 Å². The summed E-state index contributed by atoms with van der Waals surface area (Å²) >= 11 is 0. The van der Waals surface area contributed by atoms with Gasteiger partial charge in [-0.3, -0.25) is 9.79 Å². The summed E-state index contributed by atoms with van der Waals surface area (Å²) in [6.45, 7) is 0.554. The van der Waals surface area contributed by atoms with Crippen LogP contribution in [0.5, 0.6) is 0 Å². The number of aliphatic carboxylic acids is 1. The number of rotatable bonds is 7. The molecule has 0 bridgehead atoms. The first kappa shape index (κ1) is 12.7. The van der Waals surface area contributed by atoms with Gasteiger partial charge in [-0.15, -0.1) is 0 Å². The average molecular weight is 202 g/mol. The minimum Gasteiger partial charge on any atom is -0.480 e. The molecule has 0 aromatic carbocycles. The van der Waals surface area contributed by atoms with E-state index >= 15 is 0 Å². The molecule has 82 valence electrons. The average Bonchev–Trinajstić information content (AvgIpc) is 2.10. The van der Waals surface area contributed by atoms with Gasteiger partial charge in [-0.25, -0.2) is 0 Å². The third kappa shape index (κ3) is 6.24. The molecule has 0 aliphatic heterocycles. The summed E-state index contributed by atoms with van der Waals surface area (Å²) in [5.41, 5.74) is 10.3.